The van der Waals surface area contributed by atoms with Crippen LogP contribution in [0.2, 0.25) is 0 Å². The summed E-state index contributed by atoms with van der Waals surface area (Å²) in [5.41, 5.74) is 0.638. The third-order valence-electron chi connectivity index (χ3n) is 2.71. The van der Waals surface area contributed by atoms with Crippen molar-refractivity contribution in [3.63, 3.8) is 0 Å². The highest BCUT2D eigenvalue weighted by Crippen LogP contribution is 2.17. The number of piperidine rings is 1. The molecule has 82 valence electrons. The van der Waals surface area contributed by atoms with E-state index in [0.29, 0.717) is 11.5 Å². The van der Waals surface area contributed by atoms with E-state index in [4.69, 9.17) is 0 Å². The lowest BCUT2D eigenvalue weighted by molar-refractivity contribution is -0.128. The van der Waals surface area contributed by atoms with E-state index in [-0.39, 0.29) is 5.91 Å². The van der Waals surface area contributed by atoms with Gasteiger partial charge in [0.2, 0.25) is 0 Å². The summed E-state index contributed by atoms with van der Waals surface area (Å²) in [5, 5.41) is 0. The van der Waals surface area contributed by atoms with E-state index in [2.05, 4.69) is 20.1 Å². The molecule has 1 heterocycles. The van der Waals surface area contributed by atoms with Crippen LogP contribution in [0.25, 0.3) is 0 Å². The minimum atomic E-state index is 0.0800. The molecule has 1 saturated heterocycles. The smallest absolute Gasteiger partial charge is 0.253 e. The minimum Gasteiger partial charge on any atom is -0.338 e. The van der Waals surface area contributed by atoms with Gasteiger partial charge in [-0.2, -0.15) is 0 Å². The molecule has 0 aromatic heterocycles. The number of hydrogen-bond donors (Lipinski definition) is 0. The summed E-state index contributed by atoms with van der Waals surface area (Å²) in [6, 6.07) is 0. The molecule has 0 saturated carbocycles. The van der Waals surface area contributed by atoms with Gasteiger partial charge in [-0.15, -0.1) is 0 Å². The summed E-state index contributed by atoms with van der Waals surface area (Å²) >= 11 is 0. The first-order chi connectivity index (χ1) is 7.19. The molecular weight excluding hydrogens is 186 g/mol. The molecule has 1 aliphatic heterocycles. The molecule has 0 bridgehead atoms. The van der Waals surface area contributed by atoms with Gasteiger partial charge in [-0.05, 0) is 18.8 Å². The van der Waals surface area contributed by atoms with E-state index in [0.717, 1.165) is 19.5 Å². The maximum Gasteiger partial charge on any atom is 0.253 e. The maximum absolute atomic E-state index is 12.0. The van der Waals surface area contributed by atoms with Crippen LogP contribution in [0.4, 0.5) is 0 Å². The summed E-state index contributed by atoms with van der Waals surface area (Å²) < 4.78 is 0. The van der Waals surface area contributed by atoms with Gasteiger partial charge in [0.25, 0.3) is 5.91 Å². The molecule has 2 nitrogen and oxygen atoms in total. The zero-order valence-corrected chi connectivity index (χ0v) is 9.41. The molecule has 0 N–H and O–H groups in total. The van der Waals surface area contributed by atoms with Crippen molar-refractivity contribution in [3.05, 3.63) is 37.0 Å². The fourth-order valence-electron chi connectivity index (χ4n) is 1.91. The average Bonchev–Trinajstić information content (AvgIpc) is 2.25. The summed E-state index contributed by atoms with van der Waals surface area (Å²) in [5.74, 6) is 0.689. The monoisotopic (exact) mass is 205 g/mol. The van der Waals surface area contributed by atoms with E-state index < -0.39 is 0 Å². The van der Waals surface area contributed by atoms with Crippen molar-refractivity contribution in [2.75, 3.05) is 13.1 Å². The molecular formula is C13H19NO. The first-order valence-corrected chi connectivity index (χ1v) is 5.43. The van der Waals surface area contributed by atoms with E-state index >= 15 is 0 Å². The second-order valence-electron chi connectivity index (χ2n) is 4.06. The Labute approximate surface area is 92.0 Å². The van der Waals surface area contributed by atoms with Crippen molar-refractivity contribution < 1.29 is 4.79 Å². The van der Waals surface area contributed by atoms with Crippen molar-refractivity contribution in [1.82, 2.24) is 4.90 Å². The number of amides is 1. The van der Waals surface area contributed by atoms with Gasteiger partial charge in [-0.25, -0.2) is 0 Å². The quantitative estimate of drug-likeness (QED) is 0.512. The molecule has 0 aromatic rings. The van der Waals surface area contributed by atoms with Crippen molar-refractivity contribution in [1.29, 1.82) is 0 Å². The van der Waals surface area contributed by atoms with Gasteiger partial charge in [0.05, 0.1) is 0 Å². The molecule has 1 fully saturated rings. The molecule has 15 heavy (non-hydrogen) atoms. The van der Waals surface area contributed by atoms with Gasteiger partial charge in [0, 0.05) is 18.7 Å². The number of likely N-dealkylation sites (tertiary alicyclic amines) is 1. The molecule has 2 heteroatoms. The van der Waals surface area contributed by atoms with Crippen molar-refractivity contribution in [2.24, 2.45) is 5.92 Å². The van der Waals surface area contributed by atoms with Crippen molar-refractivity contribution in [2.45, 2.75) is 19.8 Å². The number of allylic oxidation sites excluding steroid dienone is 2. The maximum atomic E-state index is 12.0. The van der Waals surface area contributed by atoms with Gasteiger partial charge >= 0.3 is 0 Å². The first-order valence-electron chi connectivity index (χ1n) is 5.43. The highest BCUT2D eigenvalue weighted by molar-refractivity contribution is 5.96. The molecule has 1 rings (SSSR count). The second kappa shape index (κ2) is 5.54. The molecule has 0 radical (unpaired) electrons. The average molecular weight is 205 g/mol. The highest BCUT2D eigenvalue weighted by Gasteiger charge is 2.21. The molecule has 1 aliphatic rings. The van der Waals surface area contributed by atoms with Crippen LogP contribution in [0, 0.1) is 5.92 Å². The van der Waals surface area contributed by atoms with Crippen molar-refractivity contribution in [3.8, 4) is 0 Å². The molecule has 0 aromatic carbocycles. The van der Waals surface area contributed by atoms with Crippen LogP contribution in [0.1, 0.15) is 19.8 Å². The predicted molar refractivity (Wildman–Crippen MR) is 63.5 cm³/mol. The fourth-order valence-corrected chi connectivity index (χ4v) is 1.91. The van der Waals surface area contributed by atoms with Crippen molar-refractivity contribution >= 4 is 5.91 Å². The van der Waals surface area contributed by atoms with Crippen LogP contribution in [-0.2, 0) is 4.79 Å². The van der Waals surface area contributed by atoms with E-state index in [1.54, 1.807) is 18.2 Å². The number of rotatable bonds is 3. The van der Waals surface area contributed by atoms with Crippen LogP contribution >= 0.6 is 0 Å². The number of carbonyl (C=O) groups is 1. The number of nitrogens with zero attached hydrogens (tertiary/aromatic N) is 1. The fraction of sp³-hybridized carbons (Fsp3) is 0.462. The van der Waals surface area contributed by atoms with Gasteiger partial charge in [-0.1, -0.05) is 38.3 Å². The lowest BCUT2D eigenvalue weighted by Gasteiger charge is -2.31. The number of hydrogen-bond acceptors (Lipinski definition) is 1. The zero-order valence-electron chi connectivity index (χ0n) is 9.41. The first kappa shape index (κ1) is 11.8. The summed E-state index contributed by atoms with van der Waals surface area (Å²) in [6.07, 6.45) is 7.27. The standard InChI is InChI=1S/C13H19NO/c1-4-7-12(5-2)13(15)14-9-6-8-11(3)10-14/h4-5,7,11H,1-2,6,8-10H2,3H3/b12-7+. The second-order valence-corrected chi connectivity index (χ2v) is 4.06. The van der Waals surface area contributed by atoms with Crippen LogP contribution < -0.4 is 0 Å². The molecule has 1 unspecified atom stereocenters. The van der Waals surface area contributed by atoms with E-state index in [9.17, 15) is 4.79 Å². The Hall–Kier alpha value is -1.31. The van der Waals surface area contributed by atoms with Gasteiger partial charge in [0.1, 0.15) is 0 Å². The lowest BCUT2D eigenvalue weighted by atomic mass is 9.99. The Morgan fingerprint density at radius 2 is 2.20 bits per heavy atom. The van der Waals surface area contributed by atoms with Crippen LogP contribution in [0.3, 0.4) is 0 Å². The summed E-state index contributed by atoms with van der Waals surface area (Å²) in [6.45, 7) is 11.2. The lowest BCUT2D eigenvalue weighted by Crippen LogP contribution is -2.39. The summed E-state index contributed by atoms with van der Waals surface area (Å²) in [4.78, 5) is 13.9. The molecule has 1 atom stereocenters. The third-order valence-corrected chi connectivity index (χ3v) is 2.71. The van der Waals surface area contributed by atoms with Gasteiger partial charge < -0.3 is 4.90 Å². The van der Waals surface area contributed by atoms with Crippen LogP contribution in [-0.4, -0.2) is 23.9 Å². The van der Waals surface area contributed by atoms with Crippen LogP contribution in [0.5, 0.6) is 0 Å². The van der Waals surface area contributed by atoms with Crippen LogP contribution in [0.15, 0.2) is 37.0 Å². The largest absolute Gasteiger partial charge is 0.338 e. The summed E-state index contributed by atoms with van der Waals surface area (Å²) in [7, 11) is 0. The molecule has 0 spiro atoms. The third kappa shape index (κ3) is 3.08. The van der Waals surface area contributed by atoms with Gasteiger partial charge in [-0.3, -0.25) is 4.79 Å². The topological polar surface area (TPSA) is 20.3 Å². The Morgan fingerprint density at radius 3 is 2.73 bits per heavy atom. The molecule has 1 amide bonds. The normalized spacial score (nSPS) is 22.3. The highest BCUT2D eigenvalue weighted by atomic mass is 16.2. The van der Waals surface area contributed by atoms with Gasteiger partial charge in [0.15, 0.2) is 0 Å². The SMILES string of the molecule is C=C/C=C(\C=C)C(=O)N1CCCC(C)C1. The number of carbonyl (C=O) groups excluding carboxylic acids is 1. The Bertz CT molecular complexity index is 291. The predicted octanol–water partition coefficient (Wildman–Crippen LogP) is 2.54. The Morgan fingerprint density at radius 1 is 1.47 bits per heavy atom. The minimum absolute atomic E-state index is 0.0800. The Balaban J connectivity index is 2.69. The van der Waals surface area contributed by atoms with E-state index in [1.807, 2.05) is 4.90 Å². The molecule has 0 aliphatic carbocycles. The van der Waals surface area contributed by atoms with E-state index in [1.165, 1.54) is 6.42 Å². The zero-order chi connectivity index (χ0) is 11.3. The Kier molecular flexibility index (Phi) is 4.35.